The van der Waals surface area contributed by atoms with Crippen LogP contribution >= 0.6 is 0 Å². The van der Waals surface area contributed by atoms with Crippen molar-refractivity contribution in [2.45, 2.75) is 62.8 Å². The van der Waals surface area contributed by atoms with Gasteiger partial charge in [0.25, 0.3) is 0 Å². The summed E-state index contributed by atoms with van der Waals surface area (Å²) in [6.45, 7) is 3.48. The summed E-state index contributed by atoms with van der Waals surface area (Å²) >= 11 is 0. The second kappa shape index (κ2) is 8.15. The molecule has 2 rings (SSSR count). The fourth-order valence-corrected chi connectivity index (χ4v) is 4.43. The molecule has 0 heterocycles. The molecule has 138 valence electrons. The van der Waals surface area contributed by atoms with Gasteiger partial charge in [-0.15, -0.1) is 0 Å². The Labute approximate surface area is 150 Å². The standard InChI is InChI=1S/C19H27NO4S/c1-15-9-11-17(12-10-15)25(22,23)20-19(2,18(21)24-3)14-13-16-7-5-4-6-8-16/h7,9-12,20H,4-6,8,13-14H2,1-3H3. The first-order valence-corrected chi connectivity index (χ1v) is 10.1. The van der Waals surface area contributed by atoms with Crippen molar-refractivity contribution in [3.05, 3.63) is 41.5 Å². The highest BCUT2D eigenvalue weighted by atomic mass is 32.2. The van der Waals surface area contributed by atoms with Crippen molar-refractivity contribution in [3.63, 3.8) is 0 Å². The molecule has 1 aromatic rings. The van der Waals surface area contributed by atoms with Crippen LogP contribution in [0.3, 0.4) is 0 Å². The number of rotatable bonds is 7. The predicted molar refractivity (Wildman–Crippen MR) is 97.7 cm³/mol. The number of sulfonamides is 1. The summed E-state index contributed by atoms with van der Waals surface area (Å²) in [6, 6.07) is 6.55. The number of methoxy groups -OCH3 is 1. The number of nitrogens with one attached hydrogen (secondary N) is 1. The first kappa shape index (κ1) is 19.7. The summed E-state index contributed by atoms with van der Waals surface area (Å²) in [4.78, 5) is 12.4. The third-order valence-corrected chi connectivity index (χ3v) is 6.27. The van der Waals surface area contributed by atoms with Gasteiger partial charge in [0.2, 0.25) is 10.0 Å². The molecule has 0 radical (unpaired) electrons. The summed E-state index contributed by atoms with van der Waals surface area (Å²) in [5.41, 5.74) is 0.964. The van der Waals surface area contributed by atoms with E-state index in [0.29, 0.717) is 12.8 Å². The Kier molecular flexibility index (Phi) is 6.41. The Morgan fingerprint density at radius 3 is 2.48 bits per heavy atom. The van der Waals surface area contributed by atoms with E-state index in [-0.39, 0.29) is 4.90 Å². The van der Waals surface area contributed by atoms with Crippen LogP contribution in [0.15, 0.2) is 40.8 Å². The van der Waals surface area contributed by atoms with E-state index < -0.39 is 21.5 Å². The van der Waals surface area contributed by atoms with E-state index in [4.69, 9.17) is 4.74 Å². The number of hydrogen-bond acceptors (Lipinski definition) is 4. The van der Waals surface area contributed by atoms with Gasteiger partial charge in [-0.1, -0.05) is 29.3 Å². The summed E-state index contributed by atoms with van der Waals surface area (Å²) in [7, 11) is -2.53. The number of allylic oxidation sites excluding steroid dienone is 2. The van der Waals surface area contributed by atoms with Crippen LogP contribution in [0.1, 0.15) is 51.0 Å². The first-order chi connectivity index (χ1) is 11.8. The molecule has 0 fully saturated rings. The van der Waals surface area contributed by atoms with Crippen molar-refractivity contribution < 1.29 is 17.9 Å². The Morgan fingerprint density at radius 1 is 1.24 bits per heavy atom. The van der Waals surface area contributed by atoms with Gasteiger partial charge >= 0.3 is 5.97 Å². The molecule has 0 aromatic heterocycles. The highest BCUT2D eigenvalue weighted by molar-refractivity contribution is 7.89. The van der Waals surface area contributed by atoms with E-state index in [1.54, 1.807) is 31.2 Å². The molecule has 1 N–H and O–H groups in total. The highest BCUT2D eigenvalue weighted by Gasteiger charge is 2.38. The molecule has 1 unspecified atom stereocenters. The predicted octanol–water partition coefficient (Wildman–Crippen LogP) is 3.49. The third kappa shape index (κ3) is 5.16. The number of carbonyl (C=O) groups is 1. The lowest BCUT2D eigenvalue weighted by molar-refractivity contribution is -0.147. The van der Waals surface area contributed by atoms with Gasteiger partial charge in [-0.25, -0.2) is 8.42 Å². The van der Waals surface area contributed by atoms with Crippen molar-refractivity contribution in [2.24, 2.45) is 0 Å². The molecule has 0 saturated carbocycles. The van der Waals surface area contributed by atoms with E-state index >= 15 is 0 Å². The maximum atomic E-state index is 12.7. The zero-order valence-corrected chi connectivity index (χ0v) is 16.0. The maximum Gasteiger partial charge on any atom is 0.326 e. The van der Waals surface area contributed by atoms with E-state index in [1.807, 2.05) is 6.92 Å². The molecule has 0 bridgehead atoms. The Hall–Kier alpha value is -1.66. The van der Waals surface area contributed by atoms with E-state index in [9.17, 15) is 13.2 Å². The summed E-state index contributed by atoms with van der Waals surface area (Å²) < 4.78 is 32.8. The van der Waals surface area contributed by atoms with Crippen LogP contribution in [0.2, 0.25) is 0 Å². The van der Waals surface area contributed by atoms with Gasteiger partial charge in [-0.2, -0.15) is 4.72 Å². The lowest BCUT2D eigenvalue weighted by Gasteiger charge is -2.28. The van der Waals surface area contributed by atoms with Crippen LogP contribution in [0.25, 0.3) is 0 Å². The van der Waals surface area contributed by atoms with Crippen molar-refractivity contribution >= 4 is 16.0 Å². The summed E-state index contributed by atoms with van der Waals surface area (Å²) in [6.07, 6.45) is 7.67. The number of ether oxygens (including phenoxy) is 1. The summed E-state index contributed by atoms with van der Waals surface area (Å²) in [5.74, 6) is -0.570. The van der Waals surface area contributed by atoms with Gasteiger partial charge in [0.05, 0.1) is 12.0 Å². The first-order valence-electron chi connectivity index (χ1n) is 8.64. The topological polar surface area (TPSA) is 72.5 Å². The average molecular weight is 365 g/mol. The molecule has 0 saturated heterocycles. The minimum absolute atomic E-state index is 0.144. The van der Waals surface area contributed by atoms with Crippen molar-refractivity contribution in [1.29, 1.82) is 0 Å². The Morgan fingerprint density at radius 2 is 1.92 bits per heavy atom. The minimum Gasteiger partial charge on any atom is -0.468 e. The normalized spacial score (nSPS) is 17.5. The molecular weight excluding hydrogens is 338 g/mol. The van der Waals surface area contributed by atoms with E-state index in [1.165, 1.54) is 19.1 Å². The molecule has 5 nitrogen and oxygen atoms in total. The van der Waals surface area contributed by atoms with Crippen LogP contribution in [-0.2, 0) is 19.6 Å². The van der Waals surface area contributed by atoms with Crippen LogP contribution in [0.5, 0.6) is 0 Å². The smallest absolute Gasteiger partial charge is 0.326 e. The fourth-order valence-electron chi connectivity index (χ4n) is 3.04. The largest absolute Gasteiger partial charge is 0.468 e. The zero-order chi connectivity index (χ0) is 18.5. The van der Waals surface area contributed by atoms with E-state index in [0.717, 1.165) is 24.8 Å². The molecule has 6 heteroatoms. The van der Waals surface area contributed by atoms with Crippen LogP contribution in [0.4, 0.5) is 0 Å². The third-order valence-electron chi connectivity index (χ3n) is 4.66. The van der Waals surface area contributed by atoms with Gasteiger partial charge in [-0.05, 0) is 64.5 Å². The second-order valence-corrected chi connectivity index (χ2v) is 8.53. The van der Waals surface area contributed by atoms with Crippen LogP contribution < -0.4 is 4.72 Å². The van der Waals surface area contributed by atoms with E-state index in [2.05, 4.69) is 10.8 Å². The van der Waals surface area contributed by atoms with Gasteiger partial charge in [0.15, 0.2) is 0 Å². The van der Waals surface area contributed by atoms with Crippen LogP contribution in [0, 0.1) is 6.92 Å². The number of carbonyl (C=O) groups excluding carboxylic acids is 1. The molecular formula is C19H27NO4S. The molecule has 1 aliphatic carbocycles. The highest BCUT2D eigenvalue weighted by Crippen LogP contribution is 2.26. The van der Waals surface area contributed by atoms with Gasteiger partial charge in [-0.3, -0.25) is 4.79 Å². The van der Waals surface area contributed by atoms with Gasteiger partial charge in [0, 0.05) is 0 Å². The quantitative estimate of drug-likeness (QED) is 0.593. The fraction of sp³-hybridized carbons (Fsp3) is 0.526. The van der Waals surface area contributed by atoms with Gasteiger partial charge < -0.3 is 4.74 Å². The number of hydrogen-bond donors (Lipinski definition) is 1. The number of esters is 1. The van der Waals surface area contributed by atoms with Gasteiger partial charge in [0.1, 0.15) is 5.54 Å². The van der Waals surface area contributed by atoms with Crippen molar-refractivity contribution in [3.8, 4) is 0 Å². The van der Waals surface area contributed by atoms with Crippen molar-refractivity contribution in [2.75, 3.05) is 7.11 Å². The monoisotopic (exact) mass is 365 g/mol. The molecule has 1 atom stereocenters. The lowest BCUT2D eigenvalue weighted by atomic mass is 9.90. The molecule has 0 spiro atoms. The molecule has 1 aliphatic rings. The lowest BCUT2D eigenvalue weighted by Crippen LogP contribution is -2.52. The molecule has 1 aromatic carbocycles. The number of benzene rings is 1. The van der Waals surface area contributed by atoms with Crippen LogP contribution in [-0.4, -0.2) is 27.0 Å². The average Bonchev–Trinajstić information content (AvgIpc) is 2.60. The minimum atomic E-state index is -3.81. The summed E-state index contributed by atoms with van der Waals surface area (Å²) in [5, 5.41) is 0. The maximum absolute atomic E-state index is 12.7. The zero-order valence-electron chi connectivity index (χ0n) is 15.2. The molecule has 0 amide bonds. The number of aryl methyl sites for hydroxylation is 1. The molecule has 0 aliphatic heterocycles. The molecule has 25 heavy (non-hydrogen) atoms. The Bertz CT molecular complexity index is 737. The SMILES string of the molecule is COC(=O)C(C)(CCC1=CCCCC1)NS(=O)(=O)c1ccc(C)cc1. The second-order valence-electron chi connectivity index (χ2n) is 6.85. The Balaban J connectivity index is 2.19. The van der Waals surface area contributed by atoms with Crippen molar-refractivity contribution in [1.82, 2.24) is 4.72 Å².